The fourth-order valence-electron chi connectivity index (χ4n) is 1.30. The number of aromatic nitrogens is 1. The summed E-state index contributed by atoms with van der Waals surface area (Å²) in [5.41, 5.74) is 1.61. The predicted octanol–water partition coefficient (Wildman–Crippen LogP) is 2.10. The highest BCUT2D eigenvalue weighted by atomic mass is 19.1. The average molecular weight is 206 g/mol. The summed E-state index contributed by atoms with van der Waals surface area (Å²) >= 11 is 0. The Morgan fingerprint density at radius 2 is 2.13 bits per heavy atom. The second-order valence-electron chi connectivity index (χ2n) is 3.23. The van der Waals surface area contributed by atoms with Crippen molar-refractivity contribution in [3.05, 3.63) is 53.7 Å². The van der Waals surface area contributed by atoms with E-state index in [0.717, 1.165) is 5.56 Å². The van der Waals surface area contributed by atoms with Gasteiger partial charge in [0.05, 0.1) is 6.20 Å². The molecule has 15 heavy (non-hydrogen) atoms. The highest BCUT2D eigenvalue weighted by Crippen LogP contribution is 2.06. The Labute approximate surface area is 86.9 Å². The van der Waals surface area contributed by atoms with Crippen LogP contribution in [-0.2, 0) is 13.1 Å². The molecule has 0 saturated carbocycles. The molecule has 0 spiro atoms. The zero-order valence-electron chi connectivity index (χ0n) is 8.11. The number of halogens is 1. The molecule has 0 radical (unpaired) electrons. The molecule has 0 atom stereocenters. The maximum Gasteiger partial charge on any atom is 0.128 e. The number of rotatable bonds is 4. The Hall–Kier alpha value is -1.68. The summed E-state index contributed by atoms with van der Waals surface area (Å²) in [5.74, 6) is -0.185. The summed E-state index contributed by atoms with van der Waals surface area (Å²) in [6, 6.07) is 6.71. The molecule has 1 aromatic heterocycles. The van der Waals surface area contributed by atoms with Crippen LogP contribution in [-0.4, -0.2) is 5.16 Å². The van der Waals surface area contributed by atoms with Crippen LogP contribution >= 0.6 is 0 Å². The molecular weight excluding hydrogens is 195 g/mol. The fraction of sp³-hybridized carbons (Fsp3) is 0.182. The molecule has 1 N–H and O–H groups in total. The van der Waals surface area contributed by atoms with E-state index in [-0.39, 0.29) is 5.82 Å². The number of benzene rings is 1. The van der Waals surface area contributed by atoms with Crippen LogP contribution < -0.4 is 5.32 Å². The first-order chi connectivity index (χ1) is 7.36. The quantitative estimate of drug-likeness (QED) is 0.832. The molecule has 0 aliphatic carbocycles. The van der Waals surface area contributed by atoms with Gasteiger partial charge >= 0.3 is 0 Å². The molecule has 1 heterocycles. The second kappa shape index (κ2) is 4.70. The fourth-order valence-corrected chi connectivity index (χ4v) is 1.30. The monoisotopic (exact) mass is 206 g/mol. The van der Waals surface area contributed by atoms with Crippen molar-refractivity contribution < 1.29 is 8.91 Å². The molecule has 0 saturated heterocycles. The standard InChI is InChI=1S/C11H11FN2O/c12-11-4-2-1-3-10(11)7-13-5-9-6-14-15-8-9/h1-4,6,8,13H,5,7H2. The highest BCUT2D eigenvalue weighted by Gasteiger charge is 2.00. The van der Waals surface area contributed by atoms with Crippen LogP contribution in [0.1, 0.15) is 11.1 Å². The molecule has 2 rings (SSSR count). The molecule has 2 aromatic rings. The van der Waals surface area contributed by atoms with Gasteiger partial charge in [-0.15, -0.1) is 0 Å². The van der Waals surface area contributed by atoms with Crippen molar-refractivity contribution in [3.8, 4) is 0 Å². The predicted molar refractivity (Wildman–Crippen MR) is 53.4 cm³/mol. The Balaban J connectivity index is 1.86. The number of nitrogens with zero attached hydrogens (tertiary/aromatic N) is 1. The molecular formula is C11H11FN2O. The van der Waals surface area contributed by atoms with Crippen LogP contribution in [0, 0.1) is 5.82 Å². The van der Waals surface area contributed by atoms with Crippen LogP contribution in [0.15, 0.2) is 41.2 Å². The van der Waals surface area contributed by atoms with Gasteiger partial charge < -0.3 is 9.84 Å². The van der Waals surface area contributed by atoms with Gasteiger partial charge in [-0.1, -0.05) is 23.4 Å². The van der Waals surface area contributed by atoms with E-state index in [1.807, 2.05) is 6.07 Å². The summed E-state index contributed by atoms with van der Waals surface area (Å²) in [5, 5.41) is 6.68. The smallest absolute Gasteiger partial charge is 0.128 e. The van der Waals surface area contributed by atoms with Crippen LogP contribution in [0.3, 0.4) is 0 Å². The lowest BCUT2D eigenvalue weighted by atomic mass is 10.2. The second-order valence-corrected chi connectivity index (χ2v) is 3.23. The molecule has 0 aliphatic rings. The topological polar surface area (TPSA) is 38.1 Å². The first kappa shape index (κ1) is 9.86. The lowest BCUT2D eigenvalue weighted by Gasteiger charge is -2.03. The van der Waals surface area contributed by atoms with E-state index < -0.39 is 0 Å². The van der Waals surface area contributed by atoms with E-state index in [4.69, 9.17) is 0 Å². The van der Waals surface area contributed by atoms with Gasteiger partial charge in [0.25, 0.3) is 0 Å². The molecule has 1 aromatic carbocycles. The van der Waals surface area contributed by atoms with Gasteiger partial charge in [-0.25, -0.2) is 4.39 Å². The zero-order valence-corrected chi connectivity index (χ0v) is 8.11. The third kappa shape index (κ3) is 2.63. The van der Waals surface area contributed by atoms with Crippen LogP contribution in [0.2, 0.25) is 0 Å². The molecule has 3 nitrogen and oxygen atoms in total. The van der Waals surface area contributed by atoms with Gasteiger partial charge in [-0.3, -0.25) is 0 Å². The summed E-state index contributed by atoms with van der Waals surface area (Å²) in [4.78, 5) is 0. The largest absolute Gasteiger partial charge is 0.364 e. The Morgan fingerprint density at radius 3 is 2.87 bits per heavy atom. The first-order valence-corrected chi connectivity index (χ1v) is 4.68. The van der Waals surface area contributed by atoms with E-state index in [9.17, 15) is 4.39 Å². The third-order valence-corrected chi connectivity index (χ3v) is 2.09. The van der Waals surface area contributed by atoms with Crippen molar-refractivity contribution in [2.24, 2.45) is 0 Å². The molecule has 0 bridgehead atoms. The minimum Gasteiger partial charge on any atom is -0.364 e. The lowest BCUT2D eigenvalue weighted by Crippen LogP contribution is -2.13. The van der Waals surface area contributed by atoms with Gasteiger partial charge in [0, 0.05) is 24.2 Å². The molecule has 0 fully saturated rings. The normalized spacial score (nSPS) is 10.5. The van der Waals surface area contributed by atoms with E-state index >= 15 is 0 Å². The lowest BCUT2D eigenvalue weighted by molar-refractivity contribution is 0.418. The summed E-state index contributed by atoms with van der Waals surface area (Å²) in [6.45, 7) is 1.12. The van der Waals surface area contributed by atoms with Gasteiger partial charge in [0.2, 0.25) is 0 Å². The van der Waals surface area contributed by atoms with Gasteiger partial charge in [0.15, 0.2) is 0 Å². The molecule has 0 unspecified atom stereocenters. The minimum absolute atomic E-state index is 0.185. The third-order valence-electron chi connectivity index (χ3n) is 2.09. The van der Waals surface area contributed by atoms with Gasteiger partial charge in [0.1, 0.15) is 12.1 Å². The van der Waals surface area contributed by atoms with Crippen molar-refractivity contribution in [2.45, 2.75) is 13.1 Å². The van der Waals surface area contributed by atoms with E-state index in [1.165, 1.54) is 6.07 Å². The molecule has 0 aliphatic heterocycles. The van der Waals surface area contributed by atoms with Crippen molar-refractivity contribution >= 4 is 0 Å². The molecule has 78 valence electrons. The van der Waals surface area contributed by atoms with Gasteiger partial charge in [-0.2, -0.15) is 0 Å². The van der Waals surface area contributed by atoms with Crippen LogP contribution in [0.25, 0.3) is 0 Å². The summed E-state index contributed by atoms with van der Waals surface area (Å²) < 4.78 is 17.9. The highest BCUT2D eigenvalue weighted by molar-refractivity contribution is 5.17. The Bertz CT molecular complexity index is 414. The summed E-state index contributed by atoms with van der Waals surface area (Å²) in [7, 11) is 0. The average Bonchev–Trinajstić information content (AvgIpc) is 2.74. The van der Waals surface area contributed by atoms with Crippen molar-refractivity contribution in [3.63, 3.8) is 0 Å². The van der Waals surface area contributed by atoms with Gasteiger partial charge in [-0.05, 0) is 6.07 Å². The van der Waals surface area contributed by atoms with Crippen LogP contribution in [0.4, 0.5) is 4.39 Å². The van der Waals surface area contributed by atoms with E-state index in [1.54, 1.807) is 24.6 Å². The maximum absolute atomic E-state index is 13.2. The molecule has 4 heteroatoms. The van der Waals surface area contributed by atoms with E-state index in [0.29, 0.717) is 18.7 Å². The van der Waals surface area contributed by atoms with Crippen molar-refractivity contribution in [2.75, 3.05) is 0 Å². The summed E-state index contributed by atoms with van der Waals surface area (Å²) in [6.07, 6.45) is 3.20. The van der Waals surface area contributed by atoms with Crippen molar-refractivity contribution in [1.29, 1.82) is 0 Å². The Morgan fingerprint density at radius 1 is 1.27 bits per heavy atom. The SMILES string of the molecule is Fc1ccccc1CNCc1cnoc1. The zero-order chi connectivity index (χ0) is 10.5. The molecule has 0 amide bonds. The first-order valence-electron chi connectivity index (χ1n) is 4.68. The van der Waals surface area contributed by atoms with E-state index in [2.05, 4.69) is 15.0 Å². The Kier molecular flexibility index (Phi) is 3.09. The van der Waals surface area contributed by atoms with Crippen LogP contribution in [0.5, 0.6) is 0 Å². The minimum atomic E-state index is -0.185. The maximum atomic E-state index is 13.2. The number of hydrogen-bond donors (Lipinski definition) is 1. The number of nitrogens with one attached hydrogen (secondary N) is 1. The number of hydrogen-bond acceptors (Lipinski definition) is 3. The van der Waals surface area contributed by atoms with Crippen molar-refractivity contribution in [1.82, 2.24) is 10.5 Å².